The van der Waals surface area contributed by atoms with Crippen molar-refractivity contribution in [3.8, 4) is 11.5 Å². The van der Waals surface area contributed by atoms with E-state index >= 15 is 0 Å². The second kappa shape index (κ2) is 10.3. The van der Waals surface area contributed by atoms with Crippen molar-refractivity contribution in [1.29, 1.82) is 0 Å². The summed E-state index contributed by atoms with van der Waals surface area (Å²) in [6, 6.07) is 6.95. The molecule has 30 heavy (non-hydrogen) atoms. The maximum Gasteiger partial charge on any atom is 0.191 e. The van der Waals surface area contributed by atoms with Crippen LogP contribution in [0.4, 0.5) is 10.2 Å². The van der Waals surface area contributed by atoms with Crippen molar-refractivity contribution in [2.45, 2.75) is 19.0 Å². The molecule has 1 saturated heterocycles. The molecule has 10 heteroatoms. The molecule has 162 valence electrons. The number of hydrogen-bond acceptors (Lipinski definition) is 5. The molecule has 2 aliphatic rings. The first kappa shape index (κ1) is 22.7. The van der Waals surface area contributed by atoms with Crippen molar-refractivity contribution >= 4 is 47.4 Å². The third-order valence-electron chi connectivity index (χ3n) is 4.91. The number of aromatic nitrogens is 1. The van der Waals surface area contributed by atoms with E-state index in [0.29, 0.717) is 54.6 Å². The van der Waals surface area contributed by atoms with Gasteiger partial charge in [-0.25, -0.2) is 9.37 Å². The molecule has 2 aromatic rings. The Kier molecular flexibility index (Phi) is 7.81. The zero-order valence-corrected chi connectivity index (χ0v) is 19.6. The molecular weight excluding hydrogens is 524 g/mol. The average Bonchev–Trinajstić information content (AvgIpc) is 3.20. The van der Waals surface area contributed by atoms with E-state index in [9.17, 15) is 4.39 Å². The highest BCUT2D eigenvalue weighted by Gasteiger charge is 2.26. The summed E-state index contributed by atoms with van der Waals surface area (Å²) >= 11 is 6.30. The lowest BCUT2D eigenvalue weighted by Crippen LogP contribution is -2.44. The Balaban J connectivity index is 0.00000256. The van der Waals surface area contributed by atoms with Gasteiger partial charge >= 0.3 is 0 Å². The second-order valence-electron chi connectivity index (χ2n) is 6.91. The van der Waals surface area contributed by atoms with E-state index in [2.05, 4.69) is 20.6 Å². The Labute approximate surface area is 197 Å². The summed E-state index contributed by atoms with van der Waals surface area (Å²) in [7, 11) is 1.72. The van der Waals surface area contributed by atoms with Crippen molar-refractivity contribution in [3.63, 3.8) is 0 Å². The van der Waals surface area contributed by atoms with Crippen molar-refractivity contribution in [3.05, 3.63) is 46.9 Å². The van der Waals surface area contributed by atoms with Gasteiger partial charge in [-0.2, -0.15) is 0 Å². The Bertz CT molecular complexity index is 917. The number of benzene rings is 1. The van der Waals surface area contributed by atoms with E-state index in [1.54, 1.807) is 19.3 Å². The number of pyridine rings is 1. The number of anilines is 1. The average molecular weight is 548 g/mol. The zero-order chi connectivity index (χ0) is 20.2. The number of rotatable bonds is 4. The lowest BCUT2D eigenvalue weighted by Gasteiger charge is -2.21. The van der Waals surface area contributed by atoms with Crippen LogP contribution in [0.15, 0.2) is 35.5 Å². The van der Waals surface area contributed by atoms with Gasteiger partial charge in [-0.1, -0.05) is 11.6 Å². The van der Waals surface area contributed by atoms with Crippen LogP contribution in [0.25, 0.3) is 0 Å². The molecule has 7 nitrogen and oxygen atoms in total. The highest BCUT2D eigenvalue weighted by atomic mass is 127. The zero-order valence-electron chi connectivity index (χ0n) is 16.5. The van der Waals surface area contributed by atoms with Crippen LogP contribution in [0.1, 0.15) is 12.0 Å². The number of nitrogens with one attached hydrogen (secondary N) is 2. The third-order valence-corrected chi connectivity index (χ3v) is 5.19. The van der Waals surface area contributed by atoms with Crippen LogP contribution in [-0.2, 0) is 6.54 Å². The molecule has 0 radical (unpaired) electrons. The number of nitrogens with zero attached hydrogens (tertiary/aromatic N) is 3. The molecule has 3 heterocycles. The highest BCUT2D eigenvalue weighted by molar-refractivity contribution is 14.0. The monoisotopic (exact) mass is 547 g/mol. The van der Waals surface area contributed by atoms with Crippen LogP contribution in [0.3, 0.4) is 0 Å². The van der Waals surface area contributed by atoms with Crippen LogP contribution in [-0.4, -0.2) is 50.3 Å². The predicted molar refractivity (Wildman–Crippen MR) is 126 cm³/mol. The Morgan fingerprint density at radius 3 is 3.00 bits per heavy atom. The van der Waals surface area contributed by atoms with Gasteiger partial charge in [0.2, 0.25) is 0 Å². The molecule has 0 amide bonds. The van der Waals surface area contributed by atoms with Gasteiger partial charge in [-0.3, -0.25) is 4.99 Å². The van der Waals surface area contributed by atoms with Crippen LogP contribution < -0.4 is 25.0 Å². The summed E-state index contributed by atoms with van der Waals surface area (Å²) in [5, 5.41) is 7.21. The first-order chi connectivity index (χ1) is 14.1. The van der Waals surface area contributed by atoms with Gasteiger partial charge in [0, 0.05) is 38.9 Å². The maximum atomic E-state index is 14.0. The molecule has 0 aliphatic carbocycles. The summed E-state index contributed by atoms with van der Waals surface area (Å²) in [6.45, 7) is 2.94. The van der Waals surface area contributed by atoms with Crippen molar-refractivity contribution in [2.24, 2.45) is 4.99 Å². The van der Waals surface area contributed by atoms with E-state index in [1.807, 2.05) is 17.0 Å². The SMILES string of the molecule is CN=C(NCc1cc(Cl)c2c(c1)OCCO2)NC1CCN(c2ncccc2F)C1.I. The Morgan fingerprint density at radius 2 is 2.20 bits per heavy atom. The molecule has 1 unspecified atom stereocenters. The number of hydrogen-bond donors (Lipinski definition) is 2. The minimum Gasteiger partial charge on any atom is -0.486 e. The fourth-order valence-corrected chi connectivity index (χ4v) is 3.81. The molecule has 2 N–H and O–H groups in total. The predicted octanol–water partition coefficient (Wildman–Crippen LogP) is 3.21. The molecule has 1 fully saturated rings. The first-order valence-electron chi connectivity index (χ1n) is 9.54. The van der Waals surface area contributed by atoms with E-state index in [1.165, 1.54) is 6.07 Å². The smallest absolute Gasteiger partial charge is 0.191 e. The Morgan fingerprint density at radius 1 is 1.37 bits per heavy atom. The topological polar surface area (TPSA) is 71.0 Å². The second-order valence-corrected chi connectivity index (χ2v) is 7.32. The van der Waals surface area contributed by atoms with E-state index in [4.69, 9.17) is 21.1 Å². The summed E-state index contributed by atoms with van der Waals surface area (Å²) in [6.07, 6.45) is 2.48. The Hall–Kier alpha value is -2.01. The summed E-state index contributed by atoms with van der Waals surface area (Å²) in [5.41, 5.74) is 0.964. The van der Waals surface area contributed by atoms with Crippen LogP contribution in [0.2, 0.25) is 5.02 Å². The van der Waals surface area contributed by atoms with Gasteiger partial charge in [0.15, 0.2) is 29.1 Å². The van der Waals surface area contributed by atoms with Gasteiger partial charge in [-0.05, 0) is 36.2 Å². The van der Waals surface area contributed by atoms with Crippen LogP contribution >= 0.6 is 35.6 Å². The number of fused-ring (bicyclic) bond motifs is 1. The third kappa shape index (κ3) is 5.18. The lowest BCUT2D eigenvalue weighted by molar-refractivity contribution is 0.171. The lowest BCUT2D eigenvalue weighted by atomic mass is 10.2. The standard InChI is InChI=1S/C20H23ClFN5O2.HI/c1-23-20(25-11-13-9-15(21)18-17(10-13)28-7-8-29-18)26-14-4-6-27(12-14)19-16(22)3-2-5-24-19;/h2-3,5,9-10,14H,4,6-8,11-12H2,1H3,(H2,23,25,26);1H. The fourth-order valence-electron chi connectivity index (χ4n) is 3.52. The summed E-state index contributed by atoms with van der Waals surface area (Å²) in [5.74, 6) is 2.02. The van der Waals surface area contributed by atoms with Crippen molar-refractivity contribution in [2.75, 3.05) is 38.3 Å². The normalized spacial score (nSPS) is 18.0. The fraction of sp³-hybridized carbons (Fsp3) is 0.400. The van der Waals surface area contributed by atoms with Gasteiger partial charge in [-0.15, -0.1) is 24.0 Å². The van der Waals surface area contributed by atoms with E-state index in [-0.39, 0.29) is 35.8 Å². The molecule has 1 atom stereocenters. The first-order valence-corrected chi connectivity index (χ1v) is 9.92. The molecular formula is C20H24ClFIN5O2. The van der Waals surface area contributed by atoms with E-state index in [0.717, 1.165) is 18.5 Å². The molecule has 0 spiro atoms. The van der Waals surface area contributed by atoms with Gasteiger partial charge in [0.25, 0.3) is 0 Å². The molecule has 1 aromatic heterocycles. The summed E-state index contributed by atoms with van der Waals surface area (Å²) in [4.78, 5) is 10.4. The van der Waals surface area contributed by atoms with Crippen molar-refractivity contribution < 1.29 is 13.9 Å². The minimum absolute atomic E-state index is 0. The van der Waals surface area contributed by atoms with Crippen LogP contribution in [0.5, 0.6) is 11.5 Å². The van der Waals surface area contributed by atoms with Gasteiger partial charge in [0.05, 0.1) is 5.02 Å². The van der Waals surface area contributed by atoms with Crippen LogP contribution in [0, 0.1) is 5.82 Å². The van der Waals surface area contributed by atoms with E-state index < -0.39 is 0 Å². The largest absolute Gasteiger partial charge is 0.486 e. The molecule has 1 aromatic carbocycles. The number of guanidine groups is 1. The molecule has 0 bridgehead atoms. The number of halogens is 3. The molecule has 0 saturated carbocycles. The van der Waals surface area contributed by atoms with Crippen molar-refractivity contribution in [1.82, 2.24) is 15.6 Å². The summed E-state index contributed by atoms with van der Waals surface area (Å²) < 4.78 is 25.1. The quantitative estimate of drug-likeness (QED) is 0.348. The van der Waals surface area contributed by atoms with Gasteiger partial charge in [0.1, 0.15) is 13.2 Å². The maximum absolute atomic E-state index is 14.0. The van der Waals surface area contributed by atoms with Gasteiger partial charge < -0.3 is 25.0 Å². The highest BCUT2D eigenvalue weighted by Crippen LogP contribution is 2.38. The molecule has 4 rings (SSSR count). The molecule has 2 aliphatic heterocycles. The minimum atomic E-state index is -0.300. The number of ether oxygens (including phenoxy) is 2. The number of aliphatic imine (C=N–C) groups is 1.